The second-order valence-corrected chi connectivity index (χ2v) is 3.59. The van der Waals surface area contributed by atoms with Crippen molar-refractivity contribution in [3.63, 3.8) is 0 Å². The van der Waals surface area contributed by atoms with Crippen molar-refractivity contribution in [1.29, 1.82) is 0 Å². The summed E-state index contributed by atoms with van der Waals surface area (Å²) in [7, 11) is 0. The van der Waals surface area contributed by atoms with Crippen LogP contribution in [-0.2, 0) is 11.3 Å². The lowest BCUT2D eigenvalue weighted by molar-refractivity contribution is -0.116. The van der Waals surface area contributed by atoms with Gasteiger partial charge in [0, 0.05) is 11.9 Å². The molecule has 0 aliphatic rings. The van der Waals surface area contributed by atoms with E-state index in [0.717, 1.165) is 12.0 Å². The first kappa shape index (κ1) is 11.1. The number of aromatic nitrogens is 1. The Morgan fingerprint density at radius 2 is 1.94 bits per heavy atom. The minimum Gasteiger partial charge on any atom is -0.336 e. The maximum absolute atomic E-state index is 11.7. The van der Waals surface area contributed by atoms with E-state index in [4.69, 9.17) is 0 Å². The monoisotopic (exact) mass is 228 g/mol. The van der Waals surface area contributed by atoms with E-state index < -0.39 is 0 Å². The Morgan fingerprint density at radius 1 is 1.18 bits per heavy atom. The second-order valence-electron chi connectivity index (χ2n) is 3.59. The highest BCUT2D eigenvalue weighted by molar-refractivity contribution is 5.91. The van der Waals surface area contributed by atoms with Gasteiger partial charge in [0.1, 0.15) is 6.54 Å². The van der Waals surface area contributed by atoms with Crippen molar-refractivity contribution in [3.8, 4) is 0 Å². The van der Waals surface area contributed by atoms with Crippen molar-refractivity contribution < 1.29 is 9.59 Å². The topological polar surface area (TPSA) is 51.1 Å². The first-order chi connectivity index (χ1) is 8.29. The molecule has 1 aromatic carbocycles. The first-order valence-corrected chi connectivity index (χ1v) is 5.25. The first-order valence-electron chi connectivity index (χ1n) is 5.25. The van der Waals surface area contributed by atoms with Crippen molar-refractivity contribution in [2.75, 3.05) is 5.32 Å². The van der Waals surface area contributed by atoms with Gasteiger partial charge in [0.2, 0.25) is 5.91 Å². The standard InChI is InChI=1S/C13H12N2O2/c16-10-12-7-4-8-15(12)9-13(17)14-11-5-2-1-3-6-11/h1-8,10H,9H2,(H,14,17). The molecule has 1 aromatic heterocycles. The summed E-state index contributed by atoms with van der Waals surface area (Å²) in [5.41, 5.74) is 1.24. The summed E-state index contributed by atoms with van der Waals surface area (Å²) in [6.45, 7) is 0.135. The van der Waals surface area contributed by atoms with Crippen molar-refractivity contribution in [3.05, 3.63) is 54.4 Å². The van der Waals surface area contributed by atoms with Crippen molar-refractivity contribution in [2.45, 2.75) is 6.54 Å². The van der Waals surface area contributed by atoms with Crippen molar-refractivity contribution >= 4 is 17.9 Å². The van der Waals surface area contributed by atoms with Crippen molar-refractivity contribution in [2.24, 2.45) is 0 Å². The van der Waals surface area contributed by atoms with E-state index in [0.29, 0.717) is 5.69 Å². The van der Waals surface area contributed by atoms with Gasteiger partial charge in [-0.2, -0.15) is 0 Å². The molecule has 0 aliphatic carbocycles. The number of nitrogens with one attached hydrogen (secondary N) is 1. The Balaban J connectivity index is 2.01. The Morgan fingerprint density at radius 3 is 2.65 bits per heavy atom. The van der Waals surface area contributed by atoms with Gasteiger partial charge in [-0.05, 0) is 24.3 Å². The van der Waals surface area contributed by atoms with Gasteiger partial charge in [0.25, 0.3) is 0 Å². The molecule has 0 radical (unpaired) electrons. The Kier molecular flexibility index (Phi) is 3.35. The Labute approximate surface area is 98.9 Å². The molecule has 4 nitrogen and oxygen atoms in total. The molecule has 4 heteroatoms. The number of hydrogen-bond acceptors (Lipinski definition) is 2. The van der Waals surface area contributed by atoms with Gasteiger partial charge < -0.3 is 9.88 Å². The van der Waals surface area contributed by atoms with Gasteiger partial charge >= 0.3 is 0 Å². The van der Waals surface area contributed by atoms with E-state index in [1.165, 1.54) is 0 Å². The molecule has 0 atom stereocenters. The molecule has 17 heavy (non-hydrogen) atoms. The molecule has 0 bridgehead atoms. The van der Waals surface area contributed by atoms with E-state index in [9.17, 15) is 9.59 Å². The zero-order chi connectivity index (χ0) is 12.1. The SMILES string of the molecule is O=Cc1cccn1CC(=O)Nc1ccccc1. The van der Waals surface area contributed by atoms with Gasteiger partial charge in [0.15, 0.2) is 6.29 Å². The molecule has 2 aromatic rings. The number of benzene rings is 1. The number of anilines is 1. The summed E-state index contributed by atoms with van der Waals surface area (Å²) < 4.78 is 1.60. The molecule has 0 unspecified atom stereocenters. The molecule has 1 amide bonds. The zero-order valence-electron chi connectivity index (χ0n) is 9.17. The van der Waals surface area contributed by atoms with Gasteiger partial charge in [-0.15, -0.1) is 0 Å². The Hall–Kier alpha value is -2.36. The molecule has 0 spiro atoms. The van der Waals surface area contributed by atoms with Gasteiger partial charge in [0.05, 0.1) is 5.69 Å². The van der Waals surface area contributed by atoms with E-state index in [-0.39, 0.29) is 12.5 Å². The fraction of sp³-hybridized carbons (Fsp3) is 0.0769. The summed E-state index contributed by atoms with van der Waals surface area (Å²) in [4.78, 5) is 22.4. The van der Waals surface area contributed by atoms with Gasteiger partial charge in [-0.25, -0.2) is 0 Å². The number of hydrogen-bond donors (Lipinski definition) is 1. The van der Waals surface area contributed by atoms with Crippen LogP contribution in [0.25, 0.3) is 0 Å². The predicted molar refractivity (Wildman–Crippen MR) is 64.9 cm³/mol. The number of para-hydroxylation sites is 1. The number of amides is 1. The molecular formula is C13H12N2O2. The van der Waals surface area contributed by atoms with E-state index in [2.05, 4.69) is 5.32 Å². The van der Waals surface area contributed by atoms with Crippen LogP contribution in [0.2, 0.25) is 0 Å². The summed E-state index contributed by atoms with van der Waals surface area (Å²) in [5.74, 6) is -0.157. The van der Waals surface area contributed by atoms with Crippen LogP contribution in [0.3, 0.4) is 0 Å². The normalized spacial score (nSPS) is 9.88. The van der Waals surface area contributed by atoms with Crippen LogP contribution >= 0.6 is 0 Å². The number of nitrogens with zero attached hydrogens (tertiary/aromatic N) is 1. The summed E-state index contributed by atoms with van der Waals surface area (Å²) in [5, 5.41) is 2.76. The average Bonchev–Trinajstić information content (AvgIpc) is 2.77. The van der Waals surface area contributed by atoms with Gasteiger partial charge in [-0.3, -0.25) is 9.59 Å². The highest BCUT2D eigenvalue weighted by Crippen LogP contribution is 2.06. The summed E-state index contributed by atoms with van der Waals surface area (Å²) >= 11 is 0. The fourth-order valence-electron chi connectivity index (χ4n) is 1.56. The highest BCUT2D eigenvalue weighted by atomic mass is 16.2. The number of carbonyl (C=O) groups is 2. The van der Waals surface area contributed by atoms with Gasteiger partial charge in [-0.1, -0.05) is 18.2 Å². The number of carbonyl (C=O) groups excluding carboxylic acids is 2. The molecule has 0 saturated heterocycles. The minimum atomic E-state index is -0.157. The lowest BCUT2D eigenvalue weighted by Gasteiger charge is -2.07. The van der Waals surface area contributed by atoms with Crippen LogP contribution in [0.5, 0.6) is 0 Å². The molecule has 0 fully saturated rings. The van der Waals surface area contributed by atoms with E-state index in [1.54, 1.807) is 22.9 Å². The molecule has 0 saturated carbocycles. The van der Waals surface area contributed by atoms with Crippen molar-refractivity contribution in [1.82, 2.24) is 4.57 Å². The Bertz CT molecular complexity index is 517. The molecular weight excluding hydrogens is 216 g/mol. The maximum Gasteiger partial charge on any atom is 0.244 e. The largest absolute Gasteiger partial charge is 0.336 e. The zero-order valence-corrected chi connectivity index (χ0v) is 9.17. The summed E-state index contributed by atoms with van der Waals surface area (Å²) in [6.07, 6.45) is 2.43. The highest BCUT2D eigenvalue weighted by Gasteiger charge is 2.05. The molecule has 86 valence electrons. The van der Waals surface area contributed by atoms with E-state index in [1.807, 2.05) is 30.3 Å². The number of rotatable bonds is 4. The van der Waals surface area contributed by atoms with Crippen LogP contribution < -0.4 is 5.32 Å². The lowest BCUT2D eigenvalue weighted by Crippen LogP contribution is -2.19. The lowest BCUT2D eigenvalue weighted by atomic mass is 10.3. The fourth-order valence-corrected chi connectivity index (χ4v) is 1.56. The maximum atomic E-state index is 11.7. The predicted octanol–water partition coefficient (Wildman–Crippen LogP) is 1.94. The van der Waals surface area contributed by atoms with Crippen LogP contribution in [0.1, 0.15) is 10.5 Å². The molecule has 2 rings (SSSR count). The average molecular weight is 228 g/mol. The van der Waals surface area contributed by atoms with E-state index >= 15 is 0 Å². The number of aldehydes is 1. The minimum absolute atomic E-state index is 0.135. The molecule has 1 heterocycles. The van der Waals surface area contributed by atoms with Crippen LogP contribution in [0.15, 0.2) is 48.7 Å². The summed E-state index contributed by atoms with van der Waals surface area (Å²) in [6, 6.07) is 12.6. The third-order valence-electron chi connectivity index (χ3n) is 2.36. The third-order valence-corrected chi connectivity index (χ3v) is 2.36. The van der Waals surface area contributed by atoms with Crippen LogP contribution in [-0.4, -0.2) is 16.8 Å². The second kappa shape index (κ2) is 5.12. The van der Waals surface area contributed by atoms with Crippen LogP contribution in [0.4, 0.5) is 5.69 Å². The smallest absolute Gasteiger partial charge is 0.244 e. The van der Waals surface area contributed by atoms with Crippen LogP contribution in [0, 0.1) is 0 Å². The molecule has 1 N–H and O–H groups in total. The third kappa shape index (κ3) is 2.81. The quantitative estimate of drug-likeness (QED) is 0.813. The molecule has 0 aliphatic heterocycles.